The molecular formula is C44H63N3O9. The first kappa shape index (κ1) is 43.7. The lowest BCUT2D eigenvalue weighted by molar-refractivity contribution is -0.296. The highest BCUT2D eigenvalue weighted by Crippen LogP contribution is 2.38. The second-order valence-corrected chi connectivity index (χ2v) is 16.8. The Labute approximate surface area is 332 Å². The number of hydrogen-bond donors (Lipinski definition) is 2. The van der Waals surface area contributed by atoms with Gasteiger partial charge in [-0.05, 0) is 91.9 Å². The number of fused-ring (bicyclic) bond motifs is 7. The predicted molar refractivity (Wildman–Crippen MR) is 213 cm³/mol. The maximum atomic E-state index is 14.4. The molecule has 2 saturated heterocycles. The van der Waals surface area contributed by atoms with Gasteiger partial charge in [0.15, 0.2) is 12.1 Å². The van der Waals surface area contributed by atoms with Crippen LogP contribution >= 0.6 is 0 Å². The Hall–Kier alpha value is -3.41. The summed E-state index contributed by atoms with van der Waals surface area (Å²) in [5.74, 6) is -0.0570. The number of ketones is 1. The Morgan fingerprint density at radius 3 is 2.50 bits per heavy atom. The van der Waals surface area contributed by atoms with Gasteiger partial charge in [-0.1, -0.05) is 51.1 Å². The van der Waals surface area contributed by atoms with Gasteiger partial charge in [-0.2, -0.15) is 0 Å². The molecule has 0 amide bonds. The SMILES string of the molecule is CC[C@H]1OC(=O)C(C)C(=O)[C@H](C)[C@@H](O[C@@H]2O[C@H](C)C[C@H](N(C)C)[C@H]2O)[C@@]2(C)C[C@@H](C)CN(C#Cc3cnc4ccccc4c3)[C@H](C)[C@H](OC/C=C\CO2)[C@]1(C)O. The van der Waals surface area contributed by atoms with Crippen LogP contribution in [0, 0.1) is 29.7 Å². The number of rotatable bonds is 4. The summed E-state index contributed by atoms with van der Waals surface area (Å²) >= 11 is 0. The Morgan fingerprint density at radius 1 is 1.07 bits per heavy atom. The summed E-state index contributed by atoms with van der Waals surface area (Å²) in [6.45, 7) is 15.3. The number of aliphatic hydroxyl groups excluding tert-OH is 1. The van der Waals surface area contributed by atoms with Gasteiger partial charge in [0.05, 0.1) is 42.6 Å². The van der Waals surface area contributed by atoms with Crippen molar-refractivity contribution in [3.63, 3.8) is 0 Å². The van der Waals surface area contributed by atoms with Crippen molar-refractivity contribution in [2.75, 3.05) is 33.9 Å². The molecule has 308 valence electrons. The molecule has 2 N–H and O–H groups in total. The maximum absolute atomic E-state index is 14.4. The smallest absolute Gasteiger partial charge is 0.316 e. The van der Waals surface area contributed by atoms with Crippen molar-refractivity contribution in [3.05, 3.63) is 54.2 Å². The van der Waals surface area contributed by atoms with Crippen LogP contribution in [0.5, 0.6) is 0 Å². The molecule has 2 aromatic rings. The lowest BCUT2D eigenvalue weighted by atomic mass is 9.78. The predicted octanol–water partition coefficient (Wildman–Crippen LogP) is 4.73. The zero-order chi connectivity index (χ0) is 40.9. The monoisotopic (exact) mass is 777 g/mol. The van der Waals surface area contributed by atoms with Crippen molar-refractivity contribution in [2.24, 2.45) is 17.8 Å². The van der Waals surface area contributed by atoms with E-state index in [1.807, 2.05) is 94.1 Å². The van der Waals surface area contributed by atoms with E-state index >= 15 is 0 Å². The van der Waals surface area contributed by atoms with Gasteiger partial charge in [0.2, 0.25) is 0 Å². The maximum Gasteiger partial charge on any atom is 0.316 e. The summed E-state index contributed by atoms with van der Waals surface area (Å²) in [4.78, 5) is 36.8. The van der Waals surface area contributed by atoms with Crippen LogP contribution in [0.2, 0.25) is 0 Å². The molecule has 0 aliphatic carbocycles. The number of para-hydroxylation sites is 1. The van der Waals surface area contributed by atoms with E-state index in [9.17, 15) is 19.8 Å². The molecule has 1 unspecified atom stereocenters. The topological polar surface area (TPSA) is 140 Å². The molecule has 1 aromatic carbocycles. The first-order valence-electron chi connectivity index (χ1n) is 20.1. The third-order valence-electron chi connectivity index (χ3n) is 11.9. The fraction of sp³-hybridized carbons (Fsp3) is 0.659. The number of benzene rings is 1. The van der Waals surface area contributed by atoms with Crippen molar-refractivity contribution < 1.29 is 43.5 Å². The summed E-state index contributed by atoms with van der Waals surface area (Å²) in [5.41, 5.74) is -1.22. The van der Waals surface area contributed by atoms with Gasteiger partial charge in [-0.15, -0.1) is 0 Å². The minimum atomic E-state index is -1.69. The minimum absolute atomic E-state index is 0.122. The van der Waals surface area contributed by atoms with Crippen molar-refractivity contribution in [1.29, 1.82) is 0 Å². The number of carbonyl (C=O) groups is 2. The number of likely N-dealkylation sites (N-methyl/N-ethyl adjacent to an activating group) is 1. The highest BCUT2D eigenvalue weighted by molar-refractivity contribution is 6.00. The van der Waals surface area contributed by atoms with E-state index in [2.05, 4.69) is 23.9 Å². The second kappa shape index (κ2) is 18.5. The normalized spacial score (nSPS) is 38.6. The van der Waals surface area contributed by atoms with Crippen LogP contribution in [-0.2, 0) is 33.3 Å². The van der Waals surface area contributed by atoms with Crippen molar-refractivity contribution in [3.8, 4) is 12.0 Å². The van der Waals surface area contributed by atoms with Crippen LogP contribution in [0.4, 0.5) is 0 Å². The number of ether oxygens (including phenoxy) is 5. The average Bonchev–Trinajstić information content (AvgIpc) is 3.16. The molecule has 3 aliphatic heterocycles. The quantitative estimate of drug-likeness (QED) is 0.192. The van der Waals surface area contributed by atoms with E-state index in [4.69, 9.17) is 23.7 Å². The zero-order valence-corrected chi connectivity index (χ0v) is 34.8. The van der Waals surface area contributed by atoms with E-state index in [-0.39, 0.29) is 37.7 Å². The highest BCUT2D eigenvalue weighted by atomic mass is 16.7. The van der Waals surface area contributed by atoms with Crippen LogP contribution in [-0.4, -0.2) is 131 Å². The second-order valence-electron chi connectivity index (χ2n) is 16.8. The molecule has 2 bridgehead atoms. The number of nitrogens with zero attached hydrogens (tertiary/aromatic N) is 3. The summed E-state index contributed by atoms with van der Waals surface area (Å²) in [5, 5.41) is 25.0. The third-order valence-corrected chi connectivity index (χ3v) is 11.9. The minimum Gasteiger partial charge on any atom is -0.459 e. The van der Waals surface area contributed by atoms with Crippen molar-refractivity contribution in [1.82, 2.24) is 14.8 Å². The molecule has 0 spiro atoms. The molecule has 0 radical (unpaired) electrons. The lowest BCUT2D eigenvalue weighted by Crippen LogP contribution is -2.60. The molecule has 0 saturated carbocycles. The molecule has 3 aliphatic rings. The number of carbonyl (C=O) groups excluding carboxylic acids is 2. The van der Waals surface area contributed by atoms with Gasteiger partial charge >= 0.3 is 5.97 Å². The van der Waals surface area contributed by atoms with Crippen LogP contribution < -0.4 is 0 Å². The van der Waals surface area contributed by atoms with E-state index < -0.39 is 71.5 Å². The molecule has 4 heterocycles. The first-order chi connectivity index (χ1) is 26.5. The third kappa shape index (κ3) is 9.81. The van der Waals surface area contributed by atoms with Gasteiger partial charge in [0.25, 0.3) is 0 Å². The molecule has 12 heteroatoms. The number of aliphatic hydroxyl groups is 2. The Kier molecular flexibility index (Phi) is 14.4. The number of aromatic nitrogens is 1. The molecule has 5 rings (SSSR count). The first-order valence-corrected chi connectivity index (χ1v) is 20.1. The van der Waals surface area contributed by atoms with E-state index in [1.54, 1.807) is 20.0 Å². The fourth-order valence-corrected chi connectivity index (χ4v) is 8.72. The molecule has 2 fully saturated rings. The van der Waals surface area contributed by atoms with Crippen LogP contribution in [0.1, 0.15) is 80.2 Å². The number of hydrogen-bond acceptors (Lipinski definition) is 12. The summed E-state index contributed by atoms with van der Waals surface area (Å²) in [7, 11) is 3.81. The number of pyridine rings is 1. The fourth-order valence-electron chi connectivity index (χ4n) is 8.72. The van der Waals surface area contributed by atoms with E-state index in [1.165, 1.54) is 6.92 Å². The van der Waals surface area contributed by atoms with Crippen molar-refractivity contribution in [2.45, 2.75) is 135 Å². The van der Waals surface area contributed by atoms with E-state index in [0.29, 0.717) is 19.4 Å². The lowest BCUT2D eigenvalue weighted by Gasteiger charge is -2.47. The highest BCUT2D eigenvalue weighted by Gasteiger charge is 2.51. The Bertz CT molecular complexity index is 1760. The van der Waals surface area contributed by atoms with Gasteiger partial charge in [0.1, 0.15) is 29.8 Å². The standard InChI is InChI=1S/C44H63N3O9/c1-11-36-44(8,51)40-31(6)47(19-18-32-23-33-16-12-13-17-34(33)45-25-32)26-27(2)24-43(7,53-21-15-14-20-52-40)39(29(4)37(48)30(5)41(50)55-36)56-42-38(49)35(46(9)10)22-28(3)54-42/h12-17,23,25,27-31,35-36,38-40,42,49,51H,11,20-22,24,26H2,1-10H3/b15-14-/t27-,28-,29+,30?,31-,35+,36-,38-,39-,40+,42+,43-,44-/m1/s1. The van der Waals surface area contributed by atoms with E-state index in [0.717, 1.165) is 16.5 Å². The Balaban J connectivity index is 1.64. The summed E-state index contributed by atoms with van der Waals surface area (Å²) in [6.07, 6.45) is 1.53. The molecular weight excluding hydrogens is 714 g/mol. The van der Waals surface area contributed by atoms with Gasteiger partial charge < -0.3 is 43.7 Å². The Morgan fingerprint density at radius 2 is 1.79 bits per heavy atom. The van der Waals surface area contributed by atoms with Gasteiger partial charge in [0, 0.05) is 41.7 Å². The van der Waals surface area contributed by atoms with Gasteiger partial charge in [-0.25, -0.2) is 0 Å². The molecule has 56 heavy (non-hydrogen) atoms. The molecule has 1 aromatic heterocycles. The molecule has 13 atom stereocenters. The van der Waals surface area contributed by atoms with Crippen LogP contribution in [0.3, 0.4) is 0 Å². The number of Topliss-reactive ketones (excluding diaryl/α,β-unsaturated/α-hetero) is 1. The number of esters is 1. The van der Waals surface area contributed by atoms with Gasteiger partial charge in [-0.3, -0.25) is 14.6 Å². The summed E-state index contributed by atoms with van der Waals surface area (Å²) < 4.78 is 32.3. The van der Waals surface area contributed by atoms with Crippen molar-refractivity contribution >= 4 is 22.7 Å². The average molecular weight is 778 g/mol. The van der Waals surface area contributed by atoms with Crippen LogP contribution in [0.15, 0.2) is 48.7 Å². The summed E-state index contributed by atoms with van der Waals surface area (Å²) in [6, 6.07) is 12.5. The zero-order valence-electron chi connectivity index (χ0n) is 34.8. The largest absolute Gasteiger partial charge is 0.459 e. The molecule has 12 nitrogen and oxygen atoms in total. The van der Waals surface area contributed by atoms with Crippen LogP contribution in [0.25, 0.3) is 10.9 Å². The number of cyclic esters (lactones) is 1.